The first kappa shape index (κ1) is 8.01. The van der Waals surface area contributed by atoms with E-state index in [1.54, 1.807) is 0 Å². The number of hydrogen-bond donors (Lipinski definition) is 1. The molecule has 0 amide bonds. The average Bonchev–Trinajstić information content (AvgIpc) is 2.05. The Morgan fingerprint density at radius 2 is 2.00 bits per heavy atom. The fourth-order valence-corrected chi connectivity index (χ4v) is 2.27. The maximum Gasteiger partial charge on any atom is 0.209 e. The van der Waals surface area contributed by atoms with Gasteiger partial charge in [0.15, 0.2) is 0 Å². The van der Waals surface area contributed by atoms with E-state index < -0.39 is 10.0 Å². The van der Waals surface area contributed by atoms with Crippen molar-refractivity contribution in [2.45, 2.75) is 20.3 Å². The first-order valence-electron chi connectivity index (χ1n) is 3.32. The van der Waals surface area contributed by atoms with Crippen LogP contribution in [0.25, 0.3) is 0 Å². The van der Waals surface area contributed by atoms with Crippen LogP contribution in [0, 0.1) is 11.3 Å². The van der Waals surface area contributed by atoms with Gasteiger partial charge in [-0.2, -0.15) is 0 Å². The van der Waals surface area contributed by atoms with Gasteiger partial charge >= 0.3 is 0 Å². The summed E-state index contributed by atoms with van der Waals surface area (Å²) in [5.41, 5.74) is 0.215. The minimum Gasteiger partial charge on any atom is -0.229 e. The molecule has 1 aliphatic rings. The first-order valence-corrected chi connectivity index (χ1v) is 5.03. The predicted octanol–water partition coefficient (Wildman–Crippen LogP) is 0.321. The van der Waals surface area contributed by atoms with Crippen LogP contribution in [0.4, 0.5) is 0 Å². The van der Waals surface area contributed by atoms with Crippen molar-refractivity contribution in [2.24, 2.45) is 16.5 Å². The quantitative estimate of drug-likeness (QED) is 0.637. The summed E-state index contributed by atoms with van der Waals surface area (Å²) in [6.07, 6.45) is 0.990. The van der Waals surface area contributed by atoms with Crippen molar-refractivity contribution in [3.8, 4) is 0 Å². The first-order chi connectivity index (χ1) is 4.31. The molecular formula is C6H13NO2S. The summed E-state index contributed by atoms with van der Waals surface area (Å²) in [5.74, 6) is 0.447. The van der Waals surface area contributed by atoms with Gasteiger partial charge in [-0.3, -0.25) is 0 Å². The molecule has 1 unspecified atom stereocenters. The zero-order valence-corrected chi connectivity index (χ0v) is 7.11. The van der Waals surface area contributed by atoms with Crippen molar-refractivity contribution >= 4 is 10.0 Å². The Morgan fingerprint density at radius 3 is 2.10 bits per heavy atom. The molecule has 1 aliphatic carbocycles. The molecule has 0 aromatic carbocycles. The second-order valence-electron chi connectivity index (χ2n) is 3.72. The van der Waals surface area contributed by atoms with Crippen LogP contribution in [0.15, 0.2) is 0 Å². The molecular weight excluding hydrogens is 150 g/mol. The van der Waals surface area contributed by atoms with Gasteiger partial charge in [0, 0.05) is 0 Å². The molecule has 1 rings (SSSR count). The zero-order chi connectivity index (χ0) is 7.99. The van der Waals surface area contributed by atoms with Gasteiger partial charge in [0.2, 0.25) is 10.0 Å². The highest BCUT2D eigenvalue weighted by atomic mass is 32.2. The highest BCUT2D eigenvalue weighted by Gasteiger charge is 2.47. The Labute approximate surface area is 61.7 Å². The molecule has 2 N–H and O–H groups in total. The van der Waals surface area contributed by atoms with Crippen LogP contribution < -0.4 is 5.14 Å². The molecule has 0 saturated heterocycles. The van der Waals surface area contributed by atoms with Crippen molar-refractivity contribution in [1.82, 2.24) is 0 Å². The van der Waals surface area contributed by atoms with E-state index in [-0.39, 0.29) is 11.2 Å². The van der Waals surface area contributed by atoms with E-state index in [0.29, 0.717) is 5.92 Å². The molecule has 0 aliphatic heterocycles. The summed E-state index contributed by atoms with van der Waals surface area (Å²) in [5, 5.41) is 4.87. The molecule has 4 heteroatoms. The summed E-state index contributed by atoms with van der Waals surface area (Å²) >= 11 is 0. The third kappa shape index (κ3) is 1.95. The van der Waals surface area contributed by atoms with Crippen molar-refractivity contribution in [3.63, 3.8) is 0 Å². The molecule has 1 fully saturated rings. The minimum absolute atomic E-state index is 0.153. The Balaban J connectivity index is 2.46. The Morgan fingerprint density at radius 1 is 1.60 bits per heavy atom. The zero-order valence-electron chi connectivity index (χ0n) is 6.29. The Bertz CT molecular complexity index is 230. The van der Waals surface area contributed by atoms with Gasteiger partial charge in [0.1, 0.15) is 0 Å². The fourth-order valence-electron chi connectivity index (χ4n) is 1.14. The lowest BCUT2D eigenvalue weighted by molar-refractivity contribution is 0.562. The molecule has 0 aromatic heterocycles. The van der Waals surface area contributed by atoms with Gasteiger partial charge < -0.3 is 0 Å². The summed E-state index contributed by atoms with van der Waals surface area (Å²) in [6, 6.07) is 0. The summed E-state index contributed by atoms with van der Waals surface area (Å²) in [4.78, 5) is 0. The number of sulfonamides is 1. The molecule has 0 spiro atoms. The van der Waals surface area contributed by atoms with Gasteiger partial charge in [-0.05, 0) is 17.8 Å². The lowest BCUT2D eigenvalue weighted by atomic mass is 10.1. The number of rotatable bonds is 2. The molecule has 1 atom stereocenters. The van der Waals surface area contributed by atoms with Crippen LogP contribution in [0.3, 0.4) is 0 Å². The van der Waals surface area contributed by atoms with Crippen LogP contribution >= 0.6 is 0 Å². The number of nitrogens with two attached hydrogens (primary N) is 1. The Kier molecular flexibility index (Phi) is 1.56. The molecule has 1 saturated carbocycles. The number of hydrogen-bond acceptors (Lipinski definition) is 2. The van der Waals surface area contributed by atoms with Crippen molar-refractivity contribution in [3.05, 3.63) is 0 Å². The largest absolute Gasteiger partial charge is 0.229 e. The summed E-state index contributed by atoms with van der Waals surface area (Å²) < 4.78 is 21.1. The number of primary sulfonamides is 1. The normalized spacial score (nSPS) is 30.1. The van der Waals surface area contributed by atoms with Crippen LogP contribution in [0.2, 0.25) is 0 Å². The lowest BCUT2D eigenvalue weighted by Gasteiger charge is -1.99. The van der Waals surface area contributed by atoms with Gasteiger partial charge in [0.25, 0.3) is 0 Å². The van der Waals surface area contributed by atoms with Crippen molar-refractivity contribution in [2.75, 3.05) is 5.75 Å². The molecule has 10 heavy (non-hydrogen) atoms. The van der Waals surface area contributed by atoms with Crippen LogP contribution in [0.5, 0.6) is 0 Å². The molecule has 0 bridgehead atoms. The average molecular weight is 163 g/mol. The van der Waals surface area contributed by atoms with Crippen LogP contribution in [0.1, 0.15) is 20.3 Å². The summed E-state index contributed by atoms with van der Waals surface area (Å²) in [7, 11) is -3.23. The molecule has 60 valence electrons. The monoisotopic (exact) mass is 163 g/mol. The van der Waals surface area contributed by atoms with Gasteiger partial charge in [-0.15, -0.1) is 0 Å². The second kappa shape index (κ2) is 1.95. The predicted molar refractivity (Wildman–Crippen MR) is 39.9 cm³/mol. The smallest absolute Gasteiger partial charge is 0.209 e. The van der Waals surface area contributed by atoms with E-state index in [4.69, 9.17) is 5.14 Å². The highest BCUT2D eigenvalue weighted by molar-refractivity contribution is 7.89. The van der Waals surface area contributed by atoms with E-state index in [2.05, 4.69) is 13.8 Å². The molecule has 0 aromatic rings. The SMILES string of the molecule is CC1(C)CC1CS(N)(=O)=O. The molecule has 0 heterocycles. The summed E-state index contributed by atoms with van der Waals surface area (Å²) in [6.45, 7) is 4.12. The van der Waals surface area contributed by atoms with E-state index in [1.165, 1.54) is 0 Å². The van der Waals surface area contributed by atoms with E-state index >= 15 is 0 Å². The molecule has 3 nitrogen and oxygen atoms in total. The van der Waals surface area contributed by atoms with Gasteiger partial charge in [0.05, 0.1) is 5.75 Å². The lowest BCUT2D eigenvalue weighted by Crippen LogP contribution is -2.19. The maximum atomic E-state index is 10.5. The second-order valence-corrected chi connectivity index (χ2v) is 5.38. The van der Waals surface area contributed by atoms with E-state index in [1.807, 2.05) is 0 Å². The van der Waals surface area contributed by atoms with Crippen LogP contribution in [-0.2, 0) is 10.0 Å². The third-order valence-corrected chi connectivity index (χ3v) is 3.02. The van der Waals surface area contributed by atoms with Gasteiger partial charge in [-0.25, -0.2) is 13.6 Å². The topological polar surface area (TPSA) is 60.2 Å². The van der Waals surface area contributed by atoms with Crippen molar-refractivity contribution < 1.29 is 8.42 Å². The Hall–Kier alpha value is -0.0900. The van der Waals surface area contributed by atoms with Gasteiger partial charge in [-0.1, -0.05) is 13.8 Å². The van der Waals surface area contributed by atoms with E-state index in [0.717, 1.165) is 6.42 Å². The third-order valence-electron chi connectivity index (χ3n) is 2.15. The highest BCUT2D eigenvalue weighted by Crippen LogP contribution is 2.51. The van der Waals surface area contributed by atoms with Crippen LogP contribution in [-0.4, -0.2) is 14.2 Å². The standard InChI is InChI=1S/C6H13NO2S/c1-6(2)3-5(6)4-10(7,8)9/h5H,3-4H2,1-2H3,(H2,7,8,9). The van der Waals surface area contributed by atoms with Crippen molar-refractivity contribution in [1.29, 1.82) is 0 Å². The molecule has 0 radical (unpaired) electrons. The maximum absolute atomic E-state index is 10.5. The van der Waals surface area contributed by atoms with E-state index in [9.17, 15) is 8.42 Å². The minimum atomic E-state index is -3.23. The fraction of sp³-hybridized carbons (Fsp3) is 1.00.